The fourth-order valence-corrected chi connectivity index (χ4v) is 1.66. The summed E-state index contributed by atoms with van der Waals surface area (Å²) in [7, 11) is 0. The highest BCUT2D eigenvalue weighted by atomic mass is 16.2. The molecule has 0 aliphatic carbocycles. The number of carbonyl (C=O) groups is 1. The first-order chi connectivity index (χ1) is 8.31. The van der Waals surface area contributed by atoms with E-state index in [1.165, 1.54) is 0 Å². The smallest absolute Gasteiger partial charge is 0.225 e. The van der Waals surface area contributed by atoms with Crippen molar-refractivity contribution in [2.45, 2.75) is 39.7 Å². The van der Waals surface area contributed by atoms with Crippen molar-refractivity contribution in [3.05, 3.63) is 29.6 Å². The van der Waals surface area contributed by atoms with Crippen LogP contribution in [0.3, 0.4) is 0 Å². The molecule has 0 aliphatic heterocycles. The van der Waals surface area contributed by atoms with Crippen LogP contribution >= 0.6 is 0 Å². The zero-order valence-electron chi connectivity index (χ0n) is 11.7. The van der Waals surface area contributed by atoms with Crippen molar-refractivity contribution < 1.29 is 4.79 Å². The minimum absolute atomic E-state index is 0.00516. The lowest BCUT2D eigenvalue weighted by Crippen LogP contribution is -2.46. The monoisotopic (exact) mass is 249 g/mol. The van der Waals surface area contributed by atoms with Crippen LogP contribution in [0, 0.1) is 12.8 Å². The Bertz CT molecular complexity index is 392. The topological polar surface area (TPSA) is 68.0 Å². The number of nitrogens with one attached hydrogen (secondary N) is 1. The molecule has 100 valence electrons. The van der Waals surface area contributed by atoms with Gasteiger partial charge in [0.1, 0.15) is 0 Å². The number of hydrogen-bond acceptors (Lipinski definition) is 3. The third kappa shape index (κ3) is 4.84. The fraction of sp³-hybridized carbons (Fsp3) is 0.571. The van der Waals surface area contributed by atoms with Gasteiger partial charge in [0.2, 0.25) is 5.91 Å². The quantitative estimate of drug-likeness (QED) is 0.848. The third-order valence-corrected chi connectivity index (χ3v) is 2.61. The van der Waals surface area contributed by atoms with Crippen molar-refractivity contribution in [2.24, 2.45) is 11.7 Å². The molecule has 0 spiro atoms. The number of aryl methyl sites for hydroxylation is 1. The average Bonchev–Trinajstić information content (AvgIpc) is 2.25. The van der Waals surface area contributed by atoms with E-state index in [-0.39, 0.29) is 17.4 Å². The first-order valence-corrected chi connectivity index (χ1v) is 6.25. The van der Waals surface area contributed by atoms with E-state index in [9.17, 15) is 4.79 Å². The average molecular weight is 249 g/mol. The van der Waals surface area contributed by atoms with Gasteiger partial charge >= 0.3 is 0 Å². The second-order valence-corrected chi connectivity index (χ2v) is 5.68. The number of aromatic nitrogens is 1. The molecule has 0 bridgehead atoms. The summed E-state index contributed by atoms with van der Waals surface area (Å²) in [5.41, 5.74) is 7.48. The lowest BCUT2D eigenvalue weighted by Gasteiger charge is -2.24. The summed E-state index contributed by atoms with van der Waals surface area (Å²) in [5, 5.41) is 2.96. The minimum atomic E-state index is -0.226. The molecule has 0 radical (unpaired) electrons. The molecule has 1 heterocycles. The second-order valence-electron chi connectivity index (χ2n) is 5.68. The Morgan fingerprint density at radius 1 is 1.44 bits per heavy atom. The number of hydrogen-bond donors (Lipinski definition) is 2. The highest BCUT2D eigenvalue weighted by Gasteiger charge is 2.22. The van der Waals surface area contributed by atoms with Crippen LogP contribution < -0.4 is 11.1 Å². The van der Waals surface area contributed by atoms with Gasteiger partial charge in [0.15, 0.2) is 0 Å². The predicted molar refractivity (Wildman–Crippen MR) is 73.1 cm³/mol. The van der Waals surface area contributed by atoms with E-state index in [0.29, 0.717) is 13.0 Å². The molecule has 0 aromatic carbocycles. The highest BCUT2D eigenvalue weighted by Crippen LogP contribution is 2.10. The Hall–Kier alpha value is -1.42. The maximum absolute atomic E-state index is 12.0. The van der Waals surface area contributed by atoms with Gasteiger partial charge in [0, 0.05) is 24.0 Å². The Labute approximate surface area is 109 Å². The summed E-state index contributed by atoms with van der Waals surface area (Å²) in [6.45, 7) is 8.18. The number of pyridine rings is 1. The van der Waals surface area contributed by atoms with Gasteiger partial charge in [-0.15, -0.1) is 0 Å². The van der Waals surface area contributed by atoms with Gasteiger partial charge < -0.3 is 11.1 Å². The maximum Gasteiger partial charge on any atom is 0.225 e. The van der Waals surface area contributed by atoms with Gasteiger partial charge in [-0.05, 0) is 45.7 Å². The number of nitrogens with zero attached hydrogens (tertiary/aromatic N) is 1. The third-order valence-electron chi connectivity index (χ3n) is 2.61. The van der Waals surface area contributed by atoms with E-state index in [4.69, 9.17) is 5.73 Å². The molecule has 1 rings (SSSR count). The van der Waals surface area contributed by atoms with E-state index >= 15 is 0 Å². The van der Waals surface area contributed by atoms with E-state index in [2.05, 4.69) is 10.3 Å². The molecule has 1 aromatic heterocycles. The molecule has 1 unspecified atom stereocenters. The summed E-state index contributed by atoms with van der Waals surface area (Å²) in [6.07, 6.45) is 2.44. The first kappa shape index (κ1) is 14.6. The van der Waals surface area contributed by atoms with Crippen LogP contribution in [-0.2, 0) is 11.2 Å². The number of nitrogens with two attached hydrogens (primary N) is 1. The Morgan fingerprint density at radius 2 is 2.11 bits per heavy atom. The van der Waals surface area contributed by atoms with Gasteiger partial charge in [-0.1, -0.05) is 6.07 Å². The molecular weight excluding hydrogens is 226 g/mol. The van der Waals surface area contributed by atoms with Crippen LogP contribution in [0.2, 0.25) is 0 Å². The zero-order valence-corrected chi connectivity index (χ0v) is 11.7. The minimum Gasteiger partial charge on any atom is -0.351 e. The van der Waals surface area contributed by atoms with Crippen LogP contribution in [-0.4, -0.2) is 23.0 Å². The summed E-state index contributed by atoms with van der Waals surface area (Å²) in [6, 6.07) is 3.94. The summed E-state index contributed by atoms with van der Waals surface area (Å²) in [5.74, 6) is -0.195. The molecule has 3 N–H and O–H groups in total. The Morgan fingerprint density at radius 3 is 2.56 bits per heavy atom. The number of carbonyl (C=O) groups excluding carboxylic acids is 1. The van der Waals surface area contributed by atoms with Crippen LogP contribution in [0.25, 0.3) is 0 Å². The van der Waals surface area contributed by atoms with Crippen molar-refractivity contribution in [3.63, 3.8) is 0 Å². The largest absolute Gasteiger partial charge is 0.351 e. The number of rotatable bonds is 4. The molecule has 1 aromatic rings. The second kappa shape index (κ2) is 5.96. The summed E-state index contributed by atoms with van der Waals surface area (Å²) < 4.78 is 0. The lowest BCUT2D eigenvalue weighted by molar-refractivity contribution is -0.126. The SMILES string of the molecule is Cc1ccc(CC(CN)C(=O)NC(C)(C)C)cn1. The molecule has 18 heavy (non-hydrogen) atoms. The van der Waals surface area contributed by atoms with Crippen LogP contribution in [0.1, 0.15) is 32.0 Å². The van der Waals surface area contributed by atoms with Crippen molar-refractivity contribution in [1.82, 2.24) is 10.3 Å². The van der Waals surface area contributed by atoms with Crippen molar-refractivity contribution in [3.8, 4) is 0 Å². The van der Waals surface area contributed by atoms with Gasteiger partial charge in [-0.2, -0.15) is 0 Å². The van der Waals surface area contributed by atoms with Crippen molar-refractivity contribution in [2.75, 3.05) is 6.54 Å². The lowest BCUT2D eigenvalue weighted by atomic mass is 9.98. The first-order valence-electron chi connectivity index (χ1n) is 6.25. The number of amides is 1. The van der Waals surface area contributed by atoms with E-state index in [1.54, 1.807) is 0 Å². The van der Waals surface area contributed by atoms with Crippen LogP contribution in [0.15, 0.2) is 18.3 Å². The van der Waals surface area contributed by atoms with Gasteiger partial charge in [-0.25, -0.2) is 0 Å². The normalized spacial score (nSPS) is 13.2. The molecule has 0 saturated heterocycles. The highest BCUT2D eigenvalue weighted by molar-refractivity contribution is 5.79. The molecule has 1 amide bonds. The van der Waals surface area contributed by atoms with E-state index in [0.717, 1.165) is 11.3 Å². The summed E-state index contributed by atoms with van der Waals surface area (Å²) >= 11 is 0. The predicted octanol–water partition coefficient (Wildman–Crippen LogP) is 1.42. The summed E-state index contributed by atoms with van der Waals surface area (Å²) in [4.78, 5) is 16.3. The van der Waals surface area contributed by atoms with Gasteiger partial charge in [0.25, 0.3) is 0 Å². The van der Waals surface area contributed by atoms with Crippen LogP contribution in [0.4, 0.5) is 0 Å². The molecule has 4 nitrogen and oxygen atoms in total. The molecule has 0 fully saturated rings. The van der Waals surface area contributed by atoms with Crippen LogP contribution in [0.5, 0.6) is 0 Å². The zero-order chi connectivity index (χ0) is 13.8. The molecular formula is C14H23N3O. The van der Waals surface area contributed by atoms with Gasteiger partial charge in [-0.3, -0.25) is 9.78 Å². The van der Waals surface area contributed by atoms with E-state index in [1.807, 2.05) is 46.0 Å². The Kier molecular flexibility index (Phi) is 4.84. The molecule has 0 aliphatic rings. The Balaban J connectivity index is 2.67. The molecule has 4 heteroatoms. The van der Waals surface area contributed by atoms with E-state index < -0.39 is 0 Å². The van der Waals surface area contributed by atoms with Gasteiger partial charge in [0.05, 0.1) is 5.92 Å². The molecule has 0 saturated carbocycles. The molecule has 1 atom stereocenters. The van der Waals surface area contributed by atoms with Crippen molar-refractivity contribution in [1.29, 1.82) is 0 Å². The van der Waals surface area contributed by atoms with Crippen molar-refractivity contribution >= 4 is 5.91 Å². The maximum atomic E-state index is 12.0. The fourth-order valence-electron chi connectivity index (χ4n) is 1.66. The standard InChI is InChI=1S/C14H23N3O/c1-10-5-6-11(9-16-10)7-12(8-15)13(18)17-14(2,3)4/h5-6,9,12H,7-8,15H2,1-4H3,(H,17,18).